The normalized spacial score (nSPS) is 15.2. The van der Waals surface area contributed by atoms with E-state index in [0.717, 1.165) is 47.2 Å². The molecule has 0 radical (unpaired) electrons. The van der Waals surface area contributed by atoms with Gasteiger partial charge in [-0.15, -0.1) is 0 Å². The van der Waals surface area contributed by atoms with E-state index in [4.69, 9.17) is 5.84 Å². The van der Waals surface area contributed by atoms with Crippen LogP contribution in [0.2, 0.25) is 0 Å². The molecule has 2 aromatic carbocycles. The molecular formula is C24H30N4O3. The highest BCUT2D eigenvalue weighted by atomic mass is 16.3. The lowest BCUT2D eigenvalue weighted by Crippen LogP contribution is -2.27. The largest absolute Gasteiger partial charge is 0.504 e. The number of carbonyl (C=O) groups excluding carboxylic acids is 1. The number of H-pyrrole nitrogens is 1. The average molecular weight is 423 g/mol. The molecule has 4 rings (SSSR count). The molecule has 1 aromatic heterocycles. The van der Waals surface area contributed by atoms with Crippen molar-refractivity contribution in [3.8, 4) is 11.5 Å². The molecule has 7 heteroatoms. The van der Waals surface area contributed by atoms with Crippen LogP contribution in [0.25, 0.3) is 10.9 Å². The summed E-state index contributed by atoms with van der Waals surface area (Å²) in [4.78, 5) is 16.6. The van der Waals surface area contributed by atoms with Gasteiger partial charge in [-0.25, -0.2) is 0 Å². The Hall–Kier alpha value is -3.03. The van der Waals surface area contributed by atoms with Gasteiger partial charge in [0.05, 0.1) is 5.41 Å². The number of nitrogens with one attached hydrogen (secondary N) is 3. The van der Waals surface area contributed by atoms with Crippen LogP contribution in [0.3, 0.4) is 0 Å². The van der Waals surface area contributed by atoms with Gasteiger partial charge in [-0.1, -0.05) is 19.9 Å². The maximum Gasteiger partial charge on any atom is 0.235 e. The van der Waals surface area contributed by atoms with Crippen LogP contribution in [-0.4, -0.2) is 27.6 Å². The van der Waals surface area contributed by atoms with Crippen molar-refractivity contribution in [2.24, 2.45) is 5.84 Å². The number of phenols is 2. The average Bonchev–Trinajstić information content (AvgIpc) is 3.43. The molecule has 0 bridgehead atoms. The van der Waals surface area contributed by atoms with Crippen LogP contribution in [-0.2, 0) is 15.6 Å². The summed E-state index contributed by atoms with van der Waals surface area (Å²) in [5, 5.41) is 23.5. The van der Waals surface area contributed by atoms with Crippen LogP contribution < -0.4 is 16.6 Å². The number of carbonyl (C=O) groups is 1. The van der Waals surface area contributed by atoms with Gasteiger partial charge in [0.2, 0.25) is 5.91 Å². The second-order valence-electron chi connectivity index (χ2n) is 9.17. The highest BCUT2D eigenvalue weighted by molar-refractivity contribution is 6.02. The lowest BCUT2D eigenvalue weighted by atomic mass is 9.84. The summed E-state index contributed by atoms with van der Waals surface area (Å²) in [6, 6.07) is 12.6. The van der Waals surface area contributed by atoms with Crippen molar-refractivity contribution in [2.75, 3.05) is 11.9 Å². The number of aromatic amines is 1. The van der Waals surface area contributed by atoms with Gasteiger partial charge in [0.1, 0.15) is 0 Å². The summed E-state index contributed by atoms with van der Waals surface area (Å²) >= 11 is 0. The summed E-state index contributed by atoms with van der Waals surface area (Å²) in [5.74, 6) is 4.90. The summed E-state index contributed by atoms with van der Waals surface area (Å²) in [6.45, 7) is 5.20. The first kappa shape index (κ1) is 21.2. The molecule has 0 atom stereocenters. The predicted octanol–water partition coefficient (Wildman–Crippen LogP) is 3.77. The molecule has 1 fully saturated rings. The SMILES string of the molecule is CC(C)(CCCNN)c1cc2cc(NC(=O)C3(c4ccc(O)c(O)c4)CC3)ccc2[nH]1. The van der Waals surface area contributed by atoms with E-state index in [0.29, 0.717) is 12.8 Å². The minimum absolute atomic E-state index is 0.0157. The first-order valence-corrected chi connectivity index (χ1v) is 10.7. The lowest BCUT2D eigenvalue weighted by Gasteiger charge is -2.23. The van der Waals surface area contributed by atoms with Gasteiger partial charge in [-0.05, 0) is 67.6 Å². The van der Waals surface area contributed by atoms with Crippen LogP contribution in [0.15, 0.2) is 42.5 Å². The van der Waals surface area contributed by atoms with Gasteiger partial charge in [-0.3, -0.25) is 16.1 Å². The van der Waals surface area contributed by atoms with Gasteiger partial charge in [0.25, 0.3) is 0 Å². The minimum atomic E-state index is -0.650. The third-order valence-electron chi connectivity index (χ3n) is 6.44. The Labute approximate surface area is 181 Å². The van der Waals surface area contributed by atoms with Crippen molar-refractivity contribution in [1.82, 2.24) is 10.4 Å². The maximum absolute atomic E-state index is 13.1. The second-order valence-corrected chi connectivity index (χ2v) is 9.17. The monoisotopic (exact) mass is 422 g/mol. The fourth-order valence-electron chi connectivity index (χ4n) is 4.19. The topological polar surface area (TPSA) is 123 Å². The number of benzene rings is 2. The molecule has 1 saturated carbocycles. The summed E-state index contributed by atoms with van der Waals surface area (Å²) < 4.78 is 0. The van der Waals surface area contributed by atoms with E-state index in [1.165, 1.54) is 12.1 Å². The molecular weight excluding hydrogens is 392 g/mol. The number of nitrogens with two attached hydrogens (primary N) is 1. The fourth-order valence-corrected chi connectivity index (χ4v) is 4.19. The van der Waals surface area contributed by atoms with Gasteiger partial charge >= 0.3 is 0 Å². The molecule has 0 unspecified atom stereocenters. The summed E-state index contributed by atoms with van der Waals surface area (Å²) in [5.41, 5.74) is 5.68. The van der Waals surface area contributed by atoms with Crippen molar-refractivity contribution in [3.05, 3.63) is 53.7 Å². The molecule has 31 heavy (non-hydrogen) atoms. The fraction of sp³-hybridized carbons (Fsp3) is 0.375. The van der Waals surface area contributed by atoms with Crippen molar-refractivity contribution < 1.29 is 15.0 Å². The summed E-state index contributed by atoms with van der Waals surface area (Å²) in [7, 11) is 0. The number of anilines is 1. The van der Waals surface area contributed by atoms with Crippen LogP contribution >= 0.6 is 0 Å². The number of amides is 1. The van der Waals surface area contributed by atoms with E-state index in [2.05, 4.69) is 35.6 Å². The van der Waals surface area contributed by atoms with Crippen molar-refractivity contribution in [3.63, 3.8) is 0 Å². The Kier molecular flexibility index (Phi) is 5.41. The highest BCUT2D eigenvalue weighted by Gasteiger charge is 2.51. The van der Waals surface area contributed by atoms with E-state index in [1.807, 2.05) is 18.2 Å². The molecule has 0 aliphatic heterocycles. The first-order valence-electron chi connectivity index (χ1n) is 10.7. The number of fused-ring (bicyclic) bond motifs is 1. The standard InChI is InChI=1S/C24H30N4O3/c1-23(2,8-3-11-26-25)21-13-15-12-17(5-6-18(15)28-21)27-22(31)24(9-10-24)16-4-7-19(29)20(30)14-16/h4-7,12-14,26,28-30H,3,8-11,25H2,1-2H3,(H,27,31). The Balaban J connectivity index is 1.52. The number of rotatable bonds is 8. The summed E-state index contributed by atoms with van der Waals surface area (Å²) in [6.07, 6.45) is 3.40. The molecule has 1 heterocycles. The van der Waals surface area contributed by atoms with Crippen LogP contribution in [0.5, 0.6) is 11.5 Å². The smallest absolute Gasteiger partial charge is 0.235 e. The third kappa shape index (κ3) is 4.11. The van der Waals surface area contributed by atoms with Crippen LogP contribution in [0, 0.1) is 0 Å². The molecule has 7 nitrogen and oxygen atoms in total. The lowest BCUT2D eigenvalue weighted by molar-refractivity contribution is -0.118. The van der Waals surface area contributed by atoms with Gasteiger partial charge in [0.15, 0.2) is 11.5 Å². The number of hydrogen-bond donors (Lipinski definition) is 6. The molecule has 0 saturated heterocycles. The molecule has 3 aromatic rings. The van der Waals surface area contributed by atoms with E-state index in [-0.39, 0.29) is 22.8 Å². The molecule has 164 valence electrons. The Bertz CT molecular complexity index is 1120. The van der Waals surface area contributed by atoms with Crippen LogP contribution in [0.1, 0.15) is 50.8 Å². The predicted molar refractivity (Wildman–Crippen MR) is 122 cm³/mol. The van der Waals surface area contributed by atoms with Crippen LogP contribution in [0.4, 0.5) is 5.69 Å². The van der Waals surface area contributed by atoms with Gasteiger partial charge in [0, 0.05) is 34.2 Å². The number of hydrazine groups is 1. The molecule has 0 spiro atoms. The quantitative estimate of drug-likeness (QED) is 0.143. The van der Waals surface area contributed by atoms with E-state index in [1.54, 1.807) is 6.07 Å². The first-order chi connectivity index (χ1) is 14.7. The zero-order chi connectivity index (χ0) is 22.2. The maximum atomic E-state index is 13.1. The molecule has 7 N–H and O–H groups in total. The van der Waals surface area contributed by atoms with Crippen molar-refractivity contribution in [2.45, 2.75) is 50.4 Å². The Morgan fingerprint density at radius 1 is 1.13 bits per heavy atom. The second kappa shape index (κ2) is 7.90. The van der Waals surface area contributed by atoms with E-state index >= 15 is 0 Å². The molecule has 1 aliphatic carbocycles. The van der Waals surface area contributed by atoms with Crippen molar-refractivity contribution >= 4 is 22.5 Å². The van der Waals surface area contributed by atoms with Gasteiger partial charge < -0.3 is 20.5 Å². The molecule has 1 aliphatic rings. The number of phenolic OH excluding ortho intramolecular Hbond substituents is 2. The highest BCUT2D eigenvalue weighted by Crippen LogP contribution is 2.50. The Morgan fingerprint density at radius 3 is 2.58 bits per heavy atom. The van der Waals surface area contributed by atoms with E-state index in [9.17, 15) is 15.0 Å². The third-order valence-corrected chi connectivity index (χ3v) is 6.44. The molecule has 1 amide bonds. The van der Waals surface area contributed by atoms with E-state index < -0.39 is 5.41 Å². The number of hydrogen-bond acceptors (Lipinski definition) is 5. The van der Waals surface area contributed by atoms with Crippen molar-refractivity contribution in [1.29, 1.82) is 0 Å². The Morgan fingerprint density at radius 2 is 1.90 bits per heavy atom. The zero-order valence-corrected chi connectivity index (χ0v) is 18.0. The minimum Gasteiger partial charge on any atom is -0.504 e. The van der Waals surface area contributed by atoms with Gasteiger partial charge in [-0.2, -0.15) is 0 Å². The zero-order valence-electron chi connectivity index (χ0n) is 18.0. The number of aromatic nitrogens is 1. The number of aromatic hydroxyl groups is 2.